The monoisotopic (exact) mass is 210 g/mol. The molecule has 1 unspecified atom stereocenters. The van der Waals surface area contributed by atoms with E-state index in [1.54, 1.807) is 6.92 Å². The Morgan fingerprint density at radius 2 is 2.33 bits per heavy atom. The van der Waals surface area contributed by atoms with Gasteiger partial charge in [0.25, 0.3) is 0 Å². The van der Waals surface area contributed by atoms with Crippen LogP contribution in [-0.4, -0.2) is 35.2 Å². The van der Waals surface area contributed by atoms with Crippen molar-refractivity contribution in [2.45, 2.75) is 45.8 Å². The summed E-state index contributed by atoms with van der Waals surface area (Å²) in [5.41, 5.74) is 0. The minimum atomic E-state index is -0.387. The van der Waals surface area contributed by atoms with Gasteiger partial charge >= 0.3 is 0 Å². The van der Waals surface area contributed by atoms with Crippen LogP contribution in [0.5, 0.6) is 0 Å². The van der Waals surface area contributed by atoms with Crippen molar-refractivity contribution in [1.29, 1.82) is 0 Å². The van der Waals surface area contributed by atoms with Gasteiger partial charge in [-0.15, -0.1) is 0 Å². The van der Waals surface area contributed by atoms with Gasteiger partial charge in [0.1, 0.15) is 12.1 Å². The summed E-state index contributed by atoms with van der Waals surface area (Å²) in [4.78, 5) is 6.42. The molecular weight excluding hydrogens is 188 g/mol. The van der Waals surface area contributed by atoms with Gasteiger partial charge in [0.2, 0.25) is 0 Å². The van der Waals surface area contributed by atoms with Crippen LogP contribution in [0.15, 0.2) is 17.1 Å². The highest BCUT2D eigenvalue weighted by molar-refractivity contribution is 5.83. The van der Waals surface area contributed by atoms with Crippen LogP contribution in [0.3, 0.4) is 0 Å². The molecule has 15 heavy (non-hydrogen) atoms. The summed E-state index contributed by atoms with van der Waals surface area (Å²) in [6.07, 6.45) is 8.42. The van der Waals surface area contributed by atoms with E-state index in [4.69, 9.17) is 0 Å². The highest BCUT2D eigenvalue weighted by atomic mass is 16.3. The Balaban J connectivity index is 2.20. The summed E-state index contributed by atoms with van der Waals surface area (Å²) in [5, 5.41) is 9.50. The Morgan fingerprint density at radius 1 is 1.53 bits per heavy atom. The average Bonchev–Trinajstić information content (AvgIpc) is 2.66. The number of hydrogen-bond acceptors (Lipinski definition) is 3. The highest BCUT2D eigenvalue weighted by Crippen LogP contribution is 2.12. The molecular formula is C12H22N2O. The second-order valence-electron chi connectivity index (χ2n) is 3.94. The Morgan fingerprint density at radius 3 is 3.00 bits per heavy atom. The molecule has 1 N–H and O–H groups in total. The lowest BCUT2D eigenvalue weighted by atomic mass is 10.1. The van der Waals surface area contributed by atoms with E-state index >= 15 is 0 Å². The molecule has 0 aliphatic carbocycles. The SMILES string of the molecule is C/C=C/CCCCC1=NCCN1C(C)O. The van der Waals surface area contributed by atoms with Crippen molar-refractivity contribution in [3.05, 3.63) is 12.2 Å². The van der Waals surface area contributed by atoms with Crippen molar-refractivity contribution in [1.82, 2.24) is 4.90 Å². The predicted molar refractivity (Wildman–Crippen MR) is 64.0 cm³/mol. The molecule has 3 heteroatoms. The fourth-order valence-electron chi connectivity index (χ4n) is 1.84. The number of aliphatic imine (C=N–C) groups is 1. The minimum absolute atomic E-state index is 0.387. The van der Waals surface area contributed by atoms with Gasteiger partial charge in [-0.1, -0.05) is 12.2 Å². The van der Waals surface area contributed by atoms with Crippen LogP contribution in [0, 0.1) is 0 Å². The molecule has 0 aromatic carbocycles. The summed E-state index contributed by atoms with van der Waals surface area (Å²) >= 11 is 0. The van der Waals surface area contributed by atoms with Gasteiger partial charge in [-0.25, -0.2) is 0 Å². The Bertz CT molecular complexity index is 234. The molecule has 1 aliphatic rings. The smallest absolute Gasteiger partial charge is 0.125 e. The quantitative estimate of drug-likeness (QED) is 0.539. The van der Waals surface area contributed by atoms with Crippen LogP contribution in [0.2, 0.25) is 0 Å². The molecule has 0 aromatic heterocycles. The van der Waals surface area contributed by atoms with Crippen LogP contribution in [0.25, 0.3) is 0 Å². The fraction of sp³-hybridized carbons (Fsp3) is 0.750. The maximum atomic E-state index is 9.50. The molecule has 0 fully saturated rings. The van der Waals surface area contributed by atoms with Crippen molar-refractivity contribution in [2.24, 2.45) is 4.99 Å². The normalized spacial score (nSPS) is 18.6. The third kappa shape index (κ3) is 4.04. The zero-order valence-corrected chi connectivity index (χ0v) is 9.82. The van der Waals surface area contributed by atoms with Crippen LogP contribution in [-0.2, 0) is 0 Å². The van der Waals surface area contributed by atoms with Crippen molar-refractivity contribution in [2.75, 3.05) is 13.1 Å². The first-order valence-electron chi connectivity index (χ1n) is 5.85. The van der Waals surface area contributed by atoms with Crippen molar-refractivity contribution in [3.8, 4) is 0 Å². The molecule has 1 rings (SSSR count). The molecule has 0 saturated heterocycles. The maximum absolute atomic E-state index is 9.50. The highest BCUT2D eigenvalue weighted by Gasteiger charge is 2.19. The standard InChI is InChI=1S/C12H22N2O/c1-3-4-5-6-7-8-12-13-9-10-14(12)11(2)15/h3-4,11,15H,5-10H2,1-2H3/b4-3+. The Hall–Kier alpha value is -0.830. The first-order chi connectivity index (χ1) is 7.25. The van der Waals surface area contributed by atoms with E-state index in [-0.39, 0.29) is 6.23 Å². The topological polar surface area (TPSA) is 35.8 Å². The second kappa shape index (κ2) is 6.62. The van der Waals surface area contributed by atoms with Gasteiger partial charge in [0.05, 0.1) is 6.54 Å². The summed E-state index contributed by atoms with van der Waals surface area (Å²) in [5.74, 6) is 1.09. The number of amidine groups is 1. The summed E-state index contributed by atoms with van der Waals surface area (Å²) in [6, 6.07) is 0. The predicted octanol–water partition coefficient (Wildman–Crippen LogP) is 2.18. The van der Waals surface area contributed by atoms with Crippen LogP contribution in [0.4, 0.5) is 0 Å². The molecule has 0 saturated carbocycles. The van der Waals surface area contributed by atoms with Gasteiger partial charge in [0.15, 0.2) is 0 Å². The fourth-order valence-corrected chi connectivity index (χ4v) is 1.84. The molecule has 3 nitrogen and oxygen atoms in total. The van der Waals surface area contributed by atoms with Crippen LogP contribution >= 0.6 is 0 Å². The van der Waals surface area contributed by atoms with Crippen molar-refractivity contribution < 1.29 is 5.11 Å². The van der Waals surface area contributed by atoms with Crippen molar-refractivity contribution in [3.63, 3.8) is 0 Å². The maximum Gasteiger partial charge on any atom is 0.125 e. The van der Waals surface area contributed by atoms with E-state index in [0.717, 1.165) is 38.2 Å². The molecule has 1 aliphatic heterocycles. The lowest BCUT2D eigenvalue weighted by Crippen LogP contribution is -2.35. The first kappa shape index (κ1) is 12.2. The van der Waals surface area contributed by atoms with E-state index in [0.29, 0.717) is 0 Å². The number of rotatable bonds is 6. The average molecular weight is 210 g/mol. The minimum Gasteiger partial charge on any atom is -0.374 e. The van der Waals surface area contributed by atoms with Gasteiger partial charge in [-0.2, -0.15) is 0 Å². The summed E-state index contributed by atoms with van der Waals surface area (Å²) in [6.45, 7) is 5.58. The Labute approximate surface area is 92.5 Å². The van der Waals surface area contributed by atoms with E-state index in [9.17, 15) is 5.11 Å². The Kier molecular flexibility index (Phi) is 5.40. The van der Waals surface area contributed by atoms with Crippen LogP contribution < -0.4 is 0 Å². The largest absolute Gasteiger partial charge is 0.374 e. The molecule has 0 aromatic rings. The van der Waals surface area contributed by atoms with Crippen LogP contribution in [0.1, 0.15) is 39.5 Å². The lowest BCUT2D eigenvalue weighted by Gasteiger charge is -2.23. The summed E-state index contributed by atoms with van der Waals surface area (Å²) < 4.78 is 0. The molecule has 0 spiro atoms. The van der Waals surface area contributed by atoms with E-state index < -0.39 is 0 Å². The number of aliphatic hydroxyl groups is 1. The van der Waals surface area contributed by atoms with Crippen molar-refractivity contribution >= 4 is 5.84 Å². The summed E-state index contributed by atoms with van der Waals surface area (Å²) in [7, 11) is 0. The number of allylic oxidation sites excluding steroid dienone is 2. The van der Waals surface area contributed by atoms with Gasteiger partial charge in [-0.05, 0) is 33.1 Å². The number of hydrogen-bond donors (Lipinski definition) is 1. The van der Waals surface area contributed by atoms with E-state index in [1.165, 1.54) is 6.42 Å². The first-order valence-corrected chi connectivity index (χ1v) is 5.85. The van der Waals surface area contributed by atoms with E-state index in [1.807, 2.05) is 4.90 Å². The third-order valence-electron chi connectivity index (χ3n) is 2.67. The number of unbranched alkanes of at least 4 members (excludes halogenated alkanes) is 2. The molecule has 1 atom stereocenters. The van der Waals surface area contributed by atoms with Gasteiger partial charge in [0, 0.05) is 13.0 Å². The van der Waals surface area contributed by atoms with Gasteiger partial charge in [-0.3, -0.25) is 4.99 Å². The number of nitrogens with zero attached hydrogens (tertiary/aromatic N) is 2. The molecule has 1 heterocycles. The van der Waals surface area contributed by atoms with E-state index in [2.05, 4.69) is 24.1 Å². The van der Waals surface area contributed by atoms with Gasteiger partial charge < -0.3 is 10.0 Å². The molecule has 86 valence electrons. The lowest BCUT2D eigenvalue weighted by molar-refractivity contribution is 0.0766. The number of aliphatic hydroxyl groups excluding tert-OH is 1. The molecule has 0 radical (unpaired) electrons. The molecule has 0 amide bonds. The zero-order chi connectivity index (χ0) is 11.1. The second-order valence-corrected chi connectivity index (χ2v) is 3.94. The third-order valence-corrected chi connectivity index (χ3v) is 2.67. The zero-order valence-electron chi connectivity index (χ0n) is 9.82. The molecule has 0 bridgehead atoms.